The number of hydrogen-bond donors (Lipinski definition) is 0. The molecule has 0 atom stereocenters. The molecule has 9 heteroatoms. The van der Waals surface area contributed by atoms with Crippen molar-refractivity contribution in [1.29, 1.82) is 0 Å². The van der Waals surface area contributed by atoms with E-state index in [-0.39, 0.29) is 0 Å². The van der Waals surface area contributed by atoms with Crippen LogP contribution < -0.4 is 0 Å². The molecular formula is C18H25N9. The van der Waals surface area contributed by atoms with Crippen LogP contribution in [0.2, 0.25) is 0 Å². The summed E-state index contributed by atoms with van der Waals surface area (Å²) >= 11 is 0. The van der Waals surface area contributed by atoms with Crippen molar-refractivity contribution in [3.05, 3.63) is 42.5 Å². The average molecular weight is 367 g/mol. The highest BCUT2D eigenvalue weighted by Crippen LogP contribution is 2.40. The van der Waals surface area contributed by atoms with Gasteiger partial charge in [-0.3, -0.25) is 4.90 Å². The van der Waals surface area contributed by atoms with Crippen LogP contribution in [0, 0.1) is 0 Å². The molecule has 1 saturated heterocycles. The third-order valence-electron chi connectivity index (χ3n) is 5.71. The Morgan fingerprint density at radius 3 is 2.56 bits per heavy atom. The van der Waals surface area contributed by atoms with E-state index in [1.807, 2.05) is 17.1 Å². The quantitative estimate of drug-likeness (QED) is 0.654. The van der Waals surface area contributed by atoms with Crippen molar-refractivity contribution >= 4 is 0 Å². The Hall–Kier alpha value is -2.55. The van der Waals surface area contributed by atoms with Crippen molar-refractivity contribution in [2.75, 3.05) is 13.1 Å². The van der Waals surface area contributed by atoms with E-state index >= 15 is 0 Å². The lowest BCUT2D eigenvalue weighted by Gasteiger charge is -2.31. The summed E-state index contributed by atoms with van der Waals surface area (Å²) in [5, 5.41) is 13.3. The molecule has 4 heterocycles. The fourth-order valence-electron chi connectivity index (χ4n) is 4.01. The van der Waals surface area contributed by atoms with E-state index in [1.54, 1.807) is 12.7 Å². The molecule has 5 rings (SSSR count). The maximum Gasteiger partial charge on any atom is 0.155 e. The van der Waals surface area contributed by atoms with Gasteiger partial charge in [0.2, 0.25) is 0 Å². The van der Waals surface area contributed by atoms with E-state index in [0.717, 1.165) is 44.1 Å². The van der Waals surface area contributed by atoms with E-state index in [9.17, 15) is 0 Å². The Kier molecular flexibility index (Phi) is 4.23. The molecule has 1 saturated carbocycles. The van der Waals surface area contributed by atoms with Crippen LogP contribution in [-0.4, -0.2) is 57.1 Å². The molecule has 2 fully saturated rings. The Bertz CT molecular complexity index is 882. The molecule has 142 valence electrons. The van der Waals surface area contributed by atoms with Crippen LogP contribution >= 0.6 is 0 Å². The molecule has 0 spiro atoms. The number of aromatic nitrogens is 8. The van der Waals surface area contributed by atoms with Gasteiger partial charge in [-0.25, -0.2) is 14.6 Å². The van der Waals surface area contributed by atoms with Gasteiger partial charge in [-0.2, -0.15) is 5.10 Å². The Balaban J connectivity index is 1.28. The van der Waals surface area contributed by atoms with Gasteiger partial charge in [0.25, 0.3) is 0 Å². The number of hydrogen-bond acceptors (Lipinski definition) is 6. The first kappa shape index (κ1) is 16.6. The zero-order chi connectivity index (χ0) is 18.2. The molecule has 1 aliphatic heterocycles. The number of rotatable bonds is 6. The fraction of sp³-hybridized carbons (Fsp3) is 0.611. The molecule has 2 aliphatic rings. The second-order valence-electron chi connectivity index (χ2n) is 7.67. The first-order valence-corrected chi connectivity index (χ1v) is 9.72. The van der Waals surface area contributed by atoms with Crippen molar-refractivity contribution < 1.29 is 0 Å². The first-order valence-electron chi connectivity index (χ1n) is 9.72. The summed E-state index contributed by atoms with van der Waals surface area (Å²) in [7, 11) is 2.06. The summed E-state index contributed by atoms with van der Waals surface area (Å²) in [5.41, 5.74) is 0. The average Bonchev–Trinajstić information content (AvgIpc) is 3.05. The van der Waals surface area contributed by atoms with E-state index in [0.29, 0.717) is 18.5 Å². The third kappa shape index (κ3) is 3.39. The Morgan fingerprint density at radius 2 is 1.89 bits per heavy atom. The van der Waals surface area contributed by atoms with Gasteiger partial charge in [-0.1, -0.05) is 0 Å². The van der Waals surface area contributed by atoms with Crippen molar-refractivity contribution in [3.63, 3.8) is 0 Å². The number of piperidine rings is 1. The number of imidazole rings is 1. The van der Waals surface area contributed by atoms with Crippen LogP contribution in [0.1, 0.15) is 55.1 Å². The van der Waals surface area contributed by atoms with Crippen LogP contribution in [0.25, 0.3) is 0 Å². The zero-order valence-electron chi connectivity index (χ0n) is 15.6. The van der Waals surface area contributed by atoms with Crippen LogP contribution in [0.15, 0.2) is 25.0 Å². The lowest BCUT2D eigenvalue weighted by Crippen LogP contribution is -2.34. The molecule has 3 aromatic rings. The molecule has 0 N–H and O–H groups in total. The van der Waals surface area contributed by atoms with Crippen LogP contribution in [0.5, 0.6) is 0 Å². The topological polar surface area (TPSA) is 82.5 Å². The van der Waals surface area contributed by atoms with E-state index < -0.39 is 0 Å². The smallest absolute Gasteiger partial charge is 0.155 e. The highest BCUT2D eigenvalue weighted by atomic mass is 15.4. The van der Waals surface area contributed by atoms with E-state index in [2.05, 4.69) is 46.3 Å². The van der Waals surface area contributed by atoms with Gasteiger partial charge < -0.3 is 9.13 Å². The van der Waals surface area contributed by atoms with Crippen molar-refractivity contribution in [2.45, 2.75) is 50.7 Å². The van der Waals surface area contributed by atoms with Crippen LogP contribution in [-0.2, 0) is 20.1 Å². The van der Waals surface area contributed by atoms with Gasteiger partial charge in [0.05, 0.1) is 6.54 Å². The largest absolute Gasteiger partial charge is 0.337 e. The van der Waals surface area contributed by atoms with Gasteiger partial charge in [-0.15, -0.1) is 10.2 Å². The Labute approximate surface area is 158 Å². The van der Waals surface area contributed by atoms with Gasteiger partial charge in [-0.05, 0) is 38.8 Å². The normalized spacial score (nSPS) is 19.0. The third-order valence-corrected chi connectivity index (χ3v) is 5.71. The van der Waals surface area contributed by atoms with Crippen molar-refractivity contribution in [1.82, 2.24) is 44.0 Å². The second-order valence-corrected chi connectivity index (χ2v) is 7.67. The molecule has 9 nitrogen and oxygen atoms in total. The standard InChI is InChI=1S/C18H25N9/c1-24-9-6-20-16(24)10-25-7-4-14(5-8-25)18-23-22-17(27(18)15-2-3-15)11-26-13-19-12-21-26/h6,9,12-15H,2-5,7-8,10-11H2,1H3. The summed E-state index contributed by atoms with van der Waals surface area (Å²) in [4.78, 5) is 11.0. The lowest BCUT2D eigenvalue weighted by molar-refractivity contribution is 0.194. The summed E-state index contributed by atoms with van der Waals surface area (Å²) in [6.45, 7) is 3.71. The minimum absolute atomic E-state index is 0.486. The van der Waals surface area contributed by atoms with Crippen LogP contribution in [0.4, 0.5) is 0 Å². The second kappa shape index (κ2) is 6.88. The van der Waals surface area contributed by atoms with Crippen LogP contribution in [0.3, 0.4) is 0 Å². The highest BCUT2D eigenvalue weighted by molar-refractivity contribution is 5.09. The minimum Gasteiger partial charge on any atom is -0.337 e. The zero-order valence-corrected chi connectivity index (χ0v) is 15.6. The van der Waals surface area contributed by atoms with Gasteiger partial charge in [0.15, 0.2) is 5.82 Å². The number of nitrogens with zero attached hydrogens (tertiary/aromatic N) is 9. The first-order chi connectivity index (χ1) is 13.3. The fourth-order valence-corrected chi connectivity index (χ4v) is 4.01. The number of likely N-dealkylation sites (tertiary alicyclic amines) is 1. The highest BCUT2D eigenvalue weighted by Gasteiger charge is 2.33. The summed E-state index contributed by atoms with van der Waals surface area (Å²) < 4.78 is 6.31. The molecule has 1 aliphatic carbocycles. The molecule has 0 radical (unpaired) electrons. The van der Waals surface area contributed by atoms with Crippen molar-refractivity contribution in [2.24, 2.45) is 7.05 Å². The SMILES string of the molecule is Cn1ccnc1CN1CCC(c2nnc(Cn3cncn3)n2C2CC2)CC1. The minimum atomic E-state index is 0.486. The van der Waals surface area contributed by atoms with E-state index in [4.69, 9.17) is 0 Å². The predicted molar refractivity (Wildman–Crippen MR) is 97.9 cm³/mol. The van der Waals surface area contributed by atoms with Gasteiger partial charge >= 0.3 is 0 Å². The maximum atomic E-state index is 4.61. The van der Waals surface area contributed by atoms with Crippen molar-refractivity contribution in [3.8, 4) is 0 Å². The molecule has 0 aromatic carbocycles. The summed E-state index contributed by atoms with van der Waals surface area (Å²) in [5.74, 6) is 3.79. The van der Waals surface area contributed by atoms with Gasteiger partial charge in [0.1, 0.15) is 30.8 Å². The van der Waals surface area contributed by atoms with Gasteiger partial charge in [0, 0.05) is 31.4 Å². The lowest BCUT2D eigenvalue weighted by atomic mass is 9.95. The molecule has 27 heavy (non-hydrogen) atoms. The molecule has 0 unspecified atom stereocenters. The molecule has 0 amide bonds. The summed E-state index contributed by atoms with van der Waals surface area (Å²) in [6, 6.07) is 0.569. The number of aryl methyl sites for hydroxylation is 1. The molecule has 0 bridgehead atoms. The summed E-state index contributed by atoms with van der Waals surface area (Å²) in [6.07, 6.45) is 11.9. The monoisotopic (exact) mass is 367 g/mol. The maximum absolute atomic E-state index is 4.61. The van der Waals surface area contributed by atoms with E-state index in [1.165, 1.54) is 18.7 Å². The molecular weight excluding hydrogens is 342 g/mol. The Morgan fingerprint density at radius 1 is 1.04 bits per heavy atom. The molecule has 3 aromatic heterocycles. The predicted octanol–water partition coefficient (Wildman–Crippen LogP) is 1.37.